The minimum Gasteiger partial charge on any atom is -0.391 e. The molecule has 0 spiro atoms. The summed E-state index contributed by atoms with van der Waals surface area (Å²) in [6.45, 7) is 0. The molecule has 1 aliphatic carbocycles. The topological polar surface area (TPSA) is 46.2 Å². The van der Waals surface area contributed by atoms with Crippen molar-refractivity contribution in [3.63, 3.8) is 0 Å². The van der Waals surface area contributed by atoms with Crippen molar-refractivity contribution in [3.05, 3.63) is 59.1 Å². The highest BCUT2D eigenvalue weighted by Crippen LogP contribution is 2.38. The van der Waals surface area contributed by atoms with Crippen LogP contribution in [0.1, 0.15) is 30.9 Å². The third-order valence-electron chi connectivity index (χ3n) is 4.32. The molecule has 0 heterocycles. The Morgan fingerprint density at radius 3 is 2.41 bits per heavy atom. The molecule has 0 amide bonds. The predicted octanol–water partition coefficient (Wildman–Crippen LogP) is 4.65. The van der Waals surface area contributed by atoms with Gasteiger partial charge in [0.15, 0.2) is 0 Å². The van der Waals surface area contributed by atoms with Crippen LogP contribution in [0.4, 0.5) is 0 Å². The van der Waals surface area contributed by atoms with Gasteiger partial charge in [0.1, 0.15) is 0 Å². The van der Waals surface area contributed by atoms with E-state index in [1.54, 1.807) is 11.8 Å². The molecule has 1 fully saturated rings. The van der Waals surface area contributed by atoms with Crippen LogP contribution < -0.4 is 5.73 Å². The first-order valence-electron chi connectivity index (χ1n) is 7.61. The summed E-state index contributed by atoms with van der Waals surface area (Å²) in [4.78, 5) is 2.21. The summed E-state index contributed by atoms with van der Waals surface area (Å²) in [5, 5.41) is 11.2. The van der Waals surface area contributed by atoms with Crippen LogP contribution in [0.3, 0.4) is 0 Å². The van der Waals surface area contributed by atoms with Gasteiger partial charge in [-0.05, 0) is 54.7 Å². The van der Waals surface area contributed by atoms with E-state index in [0.717, 1.165) is 33.2 Å². The first kappa shape index (κ1) is 15.9. The Bertz CT molecular complexity index is 627. The van der Waals surface area contributed by atoms with Crippen molar-refractivity contribution < 1.29 is 5.11 Å². The zero-order valence-corrected chi connectivity index (χ0v) is 13.9. The fourth-order valence-corrected chi connectivity index (χ4v) is 3.86. The highest BCUT2D eigenvalue weighted by Gasteiger charge is 2.31. The summed E-state index contributed by atoms with van der Waals surface area (Å²) in [7, 11) is 0. The van der Waals surface area contributed by atoms with Gasteiger partial charge in [0.2, 0.25) is 0 Å². The Labute approximate surface area is 140 Å². The SMILES string of the molecule is N[C@H](c1ccccc1Sc1ccc(Cl)cc1)[C@@H](O)C1CCC1. The monoisotopic (exact) mass is 333 g/mol. The molecule has 0 radical (unpaired) electrons. The lowest BCUT2D eigenvalue weighted by Crippen LogP contribution is -2.36. The van der Waals surface area contributed by atoms with Gasteiger partial charge in [0.05, 0.1) is 12.1 Å². The summed E-state index contributed by atoms with van der Waals surface area (Å²) < 4.78 is 0. The van der Waals surface area contributed by atoms with Gasteiger partial charge in [0.25, 0.3) is 0 Å². The van der Waals surface area contributed by atoms with Gasteiger partial charge in [-0.15, -0.1) is 0 Å². The molecule has 2 nitrogen and oxygen atoms in total. The number of halogens is 1. The van der Waals surface area contributed by atoms with Gasteiger partial charge in [-0.3, -0.25) is 0 Å². The number of aliphatic hydroxyl groups excluding tert-OH is 1. The number of benzene rings is 2. The highest BCUT2D eigenvalue weighted by molar-refractivity contribution is 7.99. The Kier molecular flexibility index (Phi) is 5.09. The van der Waals surface area contributed by atoms with Crippen LogP contribution in [-0.2, 0) is 0 Å². The number of aliphatic hydroxyl groups is 1. The van der Waals surface area contributed by atoms with Gasteiger partial charge < -0.3 is 10.8 Å². The Morgan fingerprint density at radius 1 is 1.09 bits per heavy atom. The molecule has 4 heteroatoms. The third kappa shape index (κ3) is 3.49. The van der Waals surface area contributed by atoms with Gasteiger partial charge in [-0.1, -0.05) is 48.0 Å². The highest BCUT2D eigenvalue weighted by atomic mass is 35.5. The number of hydrogen-bond donors (Lipinski definition) is 2. The molecule has 1 saturated carbocycles. The van der Waals surface area contributed by atoms with Crippen molar-refractivity contribution in [2.45, 2.75) is 41.2 Å². The quantitative estimate of drug-likeness (QED) is 0.837. The smallest absolute Gasteiger partial charge is 0.0761 e. The van der Waals surface area contributed by atoms with Gasteiger partial charge in [-0.2, -0.15) is 0 Å². The zero-order valence-electron chi connectivity index (χ0n) is 12.3. The van der Waals surface area contributed by atoms with Gasteiger partial charge >= 0.3 is 0 Å². The molecular weight excluding hydrogens is 314 g/mol. The molecule has 0 aromatic heterocycles. The lowest BCUT2D eigenvalue weighted by Gasteiger charge is -2.34. The van der Waals surface area contributed by atoms with E-state index in [0.29, 0.717) is 5.92 Å². The maximum absolute atomic E-state index is 10.5. The Hall–Kier alpha value is -1.00. The average molecular weight is 334 g/mol. The van der Waals surface area contributed by atoms with E-state index in [2.05, 4.69) is 6.07 Å². The lowest BCUT2D eigenvalue weighted by molar-refractivity contribution is 0.0407. The van der Waals surface area contributed by atoms with Crippen LogP contribution in [-0.4, -0.2) is 11.2 Å². The fraction of sp³-hybridized carbons (Fsp3) is 0.333. The number of hydrogen-bond acceptors (Lipinski definition) is 3. The second-order valence-electron chi connectivity index (χ2n) is 5.80. The summed E-state index contributed by atoms with van der Waals surface area (Å²) in [5.41, 5.74) is 7.36. The van der Waals surface area contributed by atoms with E-state index in [1.807, 2.05) is 42.5 Å². The van der Waals surface area contributed by atoms with Crippen LogP contribution in [0.5, 0.6) is 0 Å². The van der Waals surface area contributed by atoms with Gasteiger partial charge in [-0.25, -0.2) is 0 Å². The number of rotatable bonds is 5. The molecule has 3 N–H and O–H groups in total. The molecule has 3 rings (SSSR count). The molecule has 0 aliphatic heterocycles. The minimum atomic E-state index is -0.458. The molecule has 0 bridgehead atoms. The molecule has 1 aliphatic rings. The first-order valence-corrected chi connectivity index (χ1v) is 8.80. The van der Waals surface area contributed by atoms with Crippen LogP contribution in [0.25, 0.3) is 0 Å². The van der Waals surface area contributed by atoms with E-state index in [-0.39, 0.29) is 6.04 Å². The van der Waals surface area contributed by atoms with E-state index in [4.69, 9.17) is 17.3 Å². The van der Waals surface area contributed by atoms with E-state index >= 15 is 0 Å². The summed E-state index contributed by atoms with van der Waals surface area (Å²) in [6, 6.07) is 15.5. The van der Waals surface area contributed by atoms with Crippen molar-refractivity contribution in [1.29, 1.82) is 0 Å². The Morgan fingerprint density at radius 2 is 1.77 bits per heavy atom. The lowest BCUT2D eigenvalue weighted by atomic mass is 9.77. The first-order chi connectivity index (χ1) is 10.6. The summed E-state index contributed by atoms with van der Waals surface area (Å²) in [5.74, 6) is 0.351. The molecular formula is C18H20ClNOS. The van der Waals surface area contributed by atoms with E-state index < -0.39 is 6.10 Å². The molecule has 0 unspecified atom stereocenters. The zero-order chi connectivity index (χ0) is 15.5. The molecule has 2 aromatic rings. The van der Waals surface area contributed by atoms with Crippen molar-refractivity contribution in [2.24, 2.45) is 11.7 Å². The summed E-state index contributed by atoms with van der Waals surface area (Å²) in [6.07, 6.45) is 2.92. The standard InChI is InChI=1S/C18H20ClNOS/c19-13-8-10-14(11-9-13)22-16-7-2-1-6-15(16)17(20)18(21)12-4-3-5-12/h1-2,6-12,17-18,21H,3-5,20H2/t17-,18+/m1/s1. The van der Waals surface area contributed by atoms with Crippen molar-refractivity contribution in [2.75, 3.05) is 0 Å². The second kappa shape index (κ2) is 7.05. The van der Waals surface area contributed by atoms with Crippen LogP contribution in [0, 0.1) is 5.92 Å². The maximum Gasteiger partial charge on any atom is 0.0761 e. The molecule has 116 valence electrons. The van der Waals surface area contributed by atoms with Gasteiger partial charge in [0, 0.05) is 14.8 Å². The normalized spacial score (nSPS) is 17.8. The number of nitrogens with two attached hydrogens (primary N) is 1. The van der Waals surface area contributed by atoms with Crippen LogP contribution >= 0.6 is 23.4 Å². The van der Waals surface area contributed by atoms with Crippen molar-refractivity contribution in [3.8, 4) is 0 Å². The van der Waals surface area contributed by atoms with E-state index in [1.165, 1.54) is 6.42 Å². The third-order valence-corrected chi connectivity index (χ3v) is 5.67. The average Bonchev–Trinajstić information content (AvgIpc) is 2.48. The van der Waals surface area contributed by atoms with E-state index in [9.17, 15) is 5.11 Å². The maximum atomic E-state index is 10.5. The van der Waals surface area contributed by atoms with Crippen LogP contribution in [0.2, 0.25) is 5.02 Å². The summed E-state index contributed by atoms with van der Waals surface area (Å²) >= 11 is 7.59. The van der Waals surface area contributed by atoms with Crippen molar-refractivity contribution >= 4 is 23.4 Å². The van der Waals surface area contributed by atoms with Crippen molar-refractivity contribution in [1.82, 2.24) is 0 Å². The fourth-order valence-electron chi connectivity index (χ4n) is 2.74. The predicted molar refractivity (Wildman–Crippen MR) is 92.3 cm³/mol. The molecule has 22 heavy (non-hydrogen) atoms. The van der Waals surface area contributed by atoms with Crippen LogP contribution in [0.15, 0.2) is 58.3 Å². The second-order valence-corrected chi connectivity index (χ2v) is 7.35. The largest absolute Gasteiger partial charge is 0.391 e. The molecule has 0 saturated heterocycles. The minimum absolute atomic E-state index is 0.332. The molecule has 2 atom stereocenters. The molecule has 2 aromatic carbocycles. The Balaban J connectivity index is 1.81.